The summed E-state index contributed by atoms with van der Waals surface area (Å²) in [7, 11) is -2.28. The number of amides is 1. The molecule has 31 heavy (non-hydrogen) atoms. The molecule has 4 rings (SSSR count). The van der Waals surface area contributed by atoms with Crippen LogP contribution in [0.5, 0.6) is 11.5 Å². The van der Waals surface area contributed by atoms with Crippen LogP contribution < -0.4 is 14.8 Å². The second kappa shape index (κ2) is 8.51. The van der Waals surface area contributed by atoms with Crippen molar-refractivity contribution in [1.82, 2.24) is 4.31 Å². The topological polar surface area (TPSA) is 84.9 Å². The number of methoxy groups -OCH3 is 1. The Labute approximate surface area is 183 Å². The summed E-state index contributed by atoms with van der Waals surface area (Å²) in [5.41, 5.74) is 1.83. The number of para-hydroxylation sites is 1. The standard InChI is InChI=1S/C23H28N2O5S/c1-15-16(2)30-22-18(15)8-7-9-19(22)23(26)24-17-10-11-20(29-3)21(14-17)31(27,28)25-12-5-4-6-13-25/h7-11,14-16H,4-6,12-13H2,1-3H3,(H,24,26). The highest BCUT2D eigenvalue weighted by atomic mass is 32.2. The molecule has 2 atom stereocenters. The summed E-state index contributed by atoms with van der Waals surface area (Å²) in [4.78, 5) is 13.1. The van der Waals surface area contributed by atoms with E-state index in [0.29, 0.717) is 30.1 Å². The van der Waals surface area contributed by atoms with Crippen molar-refractivity contribution < 1.29 is 22.7 Å². The van der Waals surface area contributed by atoms with Crippen molar-refractivity contribution in [2.24, 2.45) is 0 Å². The Hall–Kier alpha value is -2.58. The smallest absolute Gasteiger partial charge is 0.259 e. The van der Waals surface area contributed by atoms with Crippen LogP contribution in [0.4, 0.5) is 5.69 Å². The van der Waals surface area contributed by atoms with Gasteiger partial charge in [0.05, 0.1) is 12.7 Å². The summed E-state index contributed by atoms with van der Waals surface area (Å²) >= 11 is 0. The molecular weight excluding hydrogens is 416 g/mol. The molecule has 0 saturated carbocycles. The Morgan fingerprint density at radius 3 is 2.58 bits per heavy atom. The first-order valence-corrected chi connectivity index (χ1v) is 12.1. The van der Waals surface area contributed by atoms with Gasteiger partial charge in [-0.3, -0.25) is 4.79 Å². The maximum atomic E-state index is 13.2. The van der Waals surface area contributed by atoms with Crippen LogP contribution in [0.25, 0.3) is 0 Å². The number of ether oxygens (including phenoxy) is 2. The van der Waals surface area contributed by atoms with Crippen molar-refractivity contribution in [2.45, 2.75) is 50.0 Å². The van der Waals surface area contributed by atoms with E-state index in [-0.39, 0.29) is 28.6 Å². The van der Waals surface area contributed by atoms with Gasteiger partial charge in [0.25, 0.3) is 5.91 Å². The van der Waals surface area contributed by atoms with E-state index < -0.39 is 10.0 Å². The van der Waals surface area contributed by atoms with Gasteiger partial charge in [-0.1, -0.05) is 25.5 Å². The van der Waals surface area contributed by atoms with Crippen LogP contribution in [0.15, 0.2) is 41.3 Å². The van der Waals surface area contributed by atoms with Gasteiger partial charge in [0, 0.05) is 30.3 Å². The van der Waals surface area contributed by atoms with E-state index >= 15 is 0 Å². The van der Waals surface area contributed by atoms with Gasteiger partial charge in [-0.05, 0) is 44.0 Å². The Morgan fingerprint density at radius 1 is 1.13 bits per heavy atom. The molecule has 0 aromatic heterocycles. The number of piperidine rings is 1. The van der Waals surface area contributed by atoms with Crippen molar-refractivity contribution in [3.05, 3.63) is 47.5 Å². The minimum absolute atomic E-state index is 0.00813. The lowest BCUT2D eigenvalue weighted by Gasteiger charge is -2.26. The number of benzene rings is 2. The van der Waals surface area contributed by atoms with Crippen LogP contribution in [0.3, 0.4) is 0 Å². The molecular formula is C23H28N2O5S. The highest BCUT2D eigenvalue weighted by Crippen LogP contribution is 2.40. The molecule has 166 valence electrons. The minimum atomic E-state index is -3.72. The largest absolute Gasteiger partial charge is 0.495 e. The second-order valence-corrected chi connectivity index (χ2v) is 10.0. The molecule has 0 aliphatic carbocycles. The third-order valence-electron chi connectivity index (χ3n) is 6.14. The van der Waals surface area contributed by atoms with Crippen molar-refractivity contribution in [2.75, 3.05) is 25.5 Å². The predicted molar refractivity (Wildman–Crippen MR) is 119 cm³/mol. The molecule has 8 heteroatoms. The van der Waals surface area contributed by atoms with Crippen LogP contribution in [-0.2, 0) is 10.0 Å². The number of carbonyl (C=O) groups is 1. The van der Waals surface area contributed by atoms with E-state index in [0.717, 1.165) is 24.8 Å². The molecule has 1 N–H and O–H groups in total. The van der Waals surface area contributed by atoms with Crippen molar-refractivity contribution >= 4 is 21.6 Å². The lowest BCUT2D eigenvalue weighted by Crippen LogP contribution is -2.35. The van der Waals surface area contributed by atoms with Crippen molar-refractivity contribution in [1.29, 1.82) is 0 Å². The van der Waals surface area contributed by atoms with Crippen LogP contribution in [0, 0.1) is 0 Å². The van der Waals surface area contributed by atoms with Gasteiger partial charge in [0.2, 0.25) is 10.0 Å². The van der Waals surface area contributed by atoms with Crippen LogP contribution >= 0.6 is 0 Å². The summed E-state index contributed by atoms with van der Waals surface area (Å²) in [5.74, 6) is 0.708. The monoisotopic (exact) mass is 444 g/mol. The van der Waals surface area contributed by atoms with Gasteiger partial charge in [-0.25, -0.2) is 8.42 Å². The predicted octanol–water partition coefficient (Wildman–Crippen LogP) is 4.01. The van der Waals surface area contributed by atoms with E-state index in [2.05, 4.69) is 12.2 Å². The van der Waals surface area contributed by atoms with Gasteiger partial charge in [0.1, 0.15) is 22.5 Å². The third kappa shape index (κ3) is 4.02. The Bertz CT molecular complexity index is 1090. The summed E-state index contributed by atoms with van der Waals surface area (Å²) in [5, 5.41) is 2.83. The van der Waals surface area contributed by atoms with E-state index in [9.17, 15) is 13.2 Å². The van der Waals surface area contributed by atoms with Crippen molar-refractivity contribution in [3.63, 3.8) is 0 Å². The van der Waals surface area contributed by atoms with Gasteiger partial charge < -0.3 is 14.8 Å². The molecule has 7 nitrogen and oxygen atoms in total. The summed E-state index contributed by atoms with van der Waals surface area (Å²) < 4.78 is 39.1. The third-order valence-corrected chi connectivity index (χ3v) is 8.06. The molecule has 2 aromatic rings. The average Bonchev–Trinajstić information content (AvgIpc) is 3.08. The number of anilines is 1. The molecule has 2 aliphatic heterocycles. The zero-order chi connectivity index (χ0) is 22.2. The minimum Gasteiger partial charge on any atom is -0.495 e. The molecule has 0 radical (unpaired) electrons. The summed E-state index contributed by atoms with van der Waals surface area (Å²) in [6.45, 7) is 5.03. The highest BCUT2D eigenvalue weighted by molar-refractivity contribution is 7.89. The van der Waals surface area contributed by atoms with Crippen LogP contribution in [0.1, 0.15) is 54.9 Å². The zero-order valence-corrected chi connectivity index (χ0v) is 18.9. The number of hydrogen-bond donors (Lipinski definition) is 1. The number of nitrogens with zero attached hydrogens (tertiary/aromatic N) is 1. The molecule has 1 saturated heterocycles. The number of rotatable bonds is 5. The Morgan fingerprint density at radius 2 is 1.87 bits per heavy atom. The maximum absolute atomic E-state index is 13.2. The van der Waals surface area contributed by atoms with Gasteiger partial charge in [-0.2, -0.15) is 4.31 Å². The molecule has 2 aliphatic rings. The van der Waals surface area contributed by atoms with Crippen molar-refractivity contribution in [3.8, 4) is 11.5 Å². The van der Waals surface area contributed by atoms with Gasteiger partial charge >= 0.3 is 0 Å². The second-order valence-electron chi connectivity index (χ2n) is 8.12. The fourth-order valence-corrected chi connectivity index (χ4v) is 5.86. The molecule has 0 spiro atoms. The number of nitrogens with one attached hydrogen (secondary N) is 1. The first-order chi connectivity index (χ1) is 14.8. The molecule has 0 bridgehead atoms. The Kier molecular flexibility index (Phi) is 5.94. The van der Waals surface area contributed by atoms with E-state index in [1.807, 2.05) is 19.1 Å². The van der Waals surface area contributed by atoms with E-state index in [1.165, 1.54) is 17.5 Å². The number of fused-ring (bicyclic) bond motifs is 1. The zero-order valence-electron chi connectivity index (χ0n) is 18.1. The number of carbonyl (C=O) groups excluding carboxylic acids is 1. The highest BCUT2D eigenvalue weighted by Gasteiger charge is 2.32. The van der Waals surface area contributed by atoms with E-state index in [4.69, 9.17) is 9.47 Å². The van der Waals surface area contributed by atoms with Crippen LogP contribution in [0.2, 0.25) is 0 Å². The lowest BCUT2D eigenvalue weighted by molar-refractivity contribution is 0.102. The molecule has 2 unspecified atom stereocenters. The molecule has 1 amide bonds. The van der Waals surface area contributed by atoms with Gasteiger partial charge in [-0.15, -0.1) is 0 Å². The summed E-state index contributed by atoms with van der Waals surface area (Å²) in [6.07, 6.45) is 2.70. The van der Waals surface area contributed by atoms with Crippen LogP contribution in [-0.4, -0.2) is 44.9 Å². The first kappa shape index (κ1) is 21.6. The average molecular weight is 445 g/mol. The maximum Gasteiger partial charge on any atom is 0.259 e. The number of hydrogen-bond acceptors (Lipinski definition) is 5. The summed E-state index contributed by atoms with van der Waals surface area (Å²) in [6, 6.07) is 10.2. The quantitative estimate of drug-likeness (QED) is 0.753. The fourth-order valence-electron chi connectivity index (χ4n) is 4.16. The fraction of sp³-hybridized carbons (Fsp3) is 0.435. The SMILES string of the molecule is COc1ccc(NC(=O)c2cccc3c2OC(C)C3C)cc1S(=O)(=O)N1CCCCC1. The van der Waals surface area contributed by atoms with E-state index in [1.54, 1.807) is 18.2 Å². The normalized spacial score (nSPS) is 21.3. The first-order valence-electron chi connectivity index (χ1n) is 10.6. The number of sulfonamides is 1. The Balaban J connectivity index is 1.64. The molecule has 2 aromatic carbocycles. The molecule has 1 fully saturated rings. The van der Waals surface area contributed by atoms with Gasteiger partial charge in [0.15, 0.2) is 0 Å². The molecule has 2 heterocycles. The lowest BCUT2D eigenvalue weighted by atomic mass is 9.97.